The van der Waals surface area contributed by atoms with Crippen LogP contribution in [0.15, 0.2) is 23.8 Å². The van der Waals surface area contributed by atoms with Crippen LogP contribution in [0.1, 0.15) is 0 Å². The molecule has 3 rings (SSSR count). The van der Waals surface area contributed by atoms with Gasteiger partial charge in [-0.2, -0.15) is 26.3 Å². The van der Waals surface area contributed by atoms with E-state index in [0.717, 1.165) is 6.08 Å². The topological polar surface area (TPSA) is 0 Å². The lowest BCUT2D eigenvalue weighted by Gasteiger charge is -2.32. The maximum Gasteiger partial charge on any atom is 0.413 e. The molecular formula is C10H6F6. The zero-order chi connectivity index (χ0) is 11.9. The number of hydrogen-bond donors (Lipinski definition) is 0. The van der Waals surface area contributed by atoms with Gasteiger partial charge in [-0.1, -0.05) is 18.2 Å². The largest absolute Gasteiger partial charge is 0.413 e. The molecule has 88 valence electrons. The van der Waals surface area contributed by atoms with Gasteiger partial charge in [-0.05, 0) is 17.8 Å². The molecule has 0 aromatic heterocycles. The summed E-state index contributed by atoms with van der Waals surface area (Å²) in [5, 5.41) is 0. The molecule has 3 aliphatic rings. The molecule has 0 nitrogen and oxygen atoms in total. The Morgan fingerprint density at radius 1 is 1.00 bits per heavy atom. The third-order valence-corrected chi connectivity index (χ3v) is 3.82. The van der Waals surface area contributed by atoms with E-state index in [1.807, 2.05) is 0 Å². The molecule has 16 heavy (non-hydrogen) atoms. The number of allylic oxidation sites excluding steroid dienone is 4. The van der Waals surface area contributed by atoms with Crippen LogP contribution in [0.4, 0.5) is 26.3 Å². The van der Waals surface area contributed by atoms with Crippen LogP contribution in [0.25, 0.3) is 0 Å². The van der Waals surface area contributed by atoms with Gasteiger partial charge in [0.05, 0.1) is 0 Å². The molecule has 0 aliphatic heterocycles. The van der Waals surface area contributed by atoms with E-state index in [-0.39, 0.29) is 5.92 Å². The van der Waals surface area contributed by atoms with Crippen LogP contribution in [0, 0.1) is 23.2 Å². The summed E-state index contributed by atoms with van der Waals surface area (Å²) in [7, 11) is 0. The number of alkyl halides is 6. The van der Waals surface area contributed by atoms with Crippen LogP contribution < -0.4 is 0 Å². The Hall–Kier alpha value is -0.940. The van der Waals surface area contributed by atoms with Crippen molar-refractivity contribution in [2.45, 2.75) is 12.4 Å². The number of fused-ring (bicyclic) bond motifs is 1. The highest BCUT2D eigenvalue weighted by atomic mass is 19.4. The molecule has 0 saturated heterocycles. The Labute approximate surface area is 86.6 Å². The molecule has 0 spiro atoms. The fourth-order valence-electron chi connectivity index (χ4n) is 3.17. The summed E-state index contributed by atoms with van der Waals surface area (Å²) >= 11 is 0. The monoisotopic (exact) mass is 240 g/mol. The molecule has 0 bridgehead atoms. The number of halogens is 6. The molecule has 0 amide bonds. The van der Waals surface area contributed by atoms with Crippen LogP contribution >= 0.6 is 0 Å². The first-order valence-corrected chi connectivity index (χ1v) is 4.75. The number of rotatable bonds is 0. The van der Waals surface area contributed by atoms with Gasteiger partial charge < -0.3 is 0 Å². The van der Waals surface area contributed by atoms with E-state index in [0.29, 0.717) is 6.08 Å². The fourth-order valence-corrected chi connectivity index (χ4v) is 3.17. The Balaban J connectivity index is 2.15. The minimum Gasteiger partial charge on any atom is -0.170 e. The van der Waals surface area contributed by atoms with Crippen LogP contribution in [0.2, 0.25) is 0 Å². The van der Waals surface area contributed by atoms with Crippen molar-refractivity contribution in [3.8, 4) is 0 Å². The lowest BCUT2D eigenvalue weighted by Crippen LogP contribution is -2.42. The molecule has 4 atom stereocenters. The van der Waals surface area contributed by atoms with Crippen molar-refractivity contribution in [2.75, 3.05) is 0 Å². The first-order chi connectivity index (χ1) is 7.19. The summed E-state index contributed by atoms with van der Waals surface area (Å²) in [4.78, 5) is 0. The predicted octanol–water partition coefficient (Wildman–Crippen LogP) is 3.47. The minimum atomic E-state index is -4.90. The molecule has 6 heteroatoms. The summed E-state index contributed by atoms with van der Waals surface area (Å²) in [6, 6.07) is 0. The van der Waals surface area contributed by atoms with Crippen molar-refractivity contribution in [3.05, 3.63) is 23.8 Å². The lowest BCUT2D eigenvalue weighted by atomic mass is 9.78. The Bertz CT molecular complexity index is 412. The third kappa shape index (κ3) is 0.895. The average Bonchev–Trinajstić information content (AvgIpc) is 2.45. The normalized spacial score (nSPS) is 44.6. The first kappa shape index (κ1) is 10.2. The van der Waals surface area contributed by atoms with Crippen LogP contribution in [0.5, 0.6) is 0 Å². The molecule has 1 fully saturated rings. The van der Waals surface area contributed by atoms with E-state index in [2.05, 4.69) is 0 Å². The van der Waals surface area contributed by atoms with Crippen molar-refractivity contribution in [2.24, 2.45) is 23.2 Å². The highest BCUT2D eigenvalue weighted by molar-refractivity contribution is 5.49. The summed E-state index contributed by atoms with van der Waals surface area (Å²) in [5.74, 6) is -1.85. The quantitative estimate of drug-likeness (QED) is 0.449. The van der Waals surface area contributed by atoms with Crippen molar-refractivity contribution >= 4 is 0 Å². The van der Waals surface area contributed by atoms with E-state index < -0.39 is 35.2 Å². The van der Waals surface area contributed by atoms with Crippen LogP contribution in [0.3, 0.4) is 0 Å². The molecule has 1 saturated carbocycles. The van der Waals surface area contributed by atoms with Gasteiger partial charge >= 0.3 is 12.4 Å². The van der Waals surface area contributed by atoms with Crippen LogP contribution in [-0.4, -0.2) is 12.4 Å². The van der Waals surface area contributed by atoms with E-state index >= 15 is 0 Å². The van der Waals surface area contributed by atoms with Gasteiger partial charge in [-0.25, -0.2) is 0 Å². The second-order valence-corrected chi connectivity index (χ2v) is 4.48. The molecule has 0 aromatic rings. The maximum atomic E-state index is 12.9. The summed E-state index contributed by atoms with van der Waals surface area (Å²) < 4.78 is 76.5. The maximum absolute atomic E-state index is 12.9. The zero-order valence-electron chi connectivity index (χ0n) is 7.73. The average molecular weight is 240 g/mol. The standard InChI is InChI=1S/C10H6F6/c11-9(12,13)6-3-5-4-1-2-8(6,7(4)5)10(14,15)16/h1-5,7H. The van der Waals surface area contributed by atoms with Gasteiger partial charge in [0.2, 0.25) is 0 Å². The van der Waals surface area contributed by atoms with Gasteiger partial charge in [0.25, 0.3) is 0 Å². The van der Waals surface area contributed by atoms with Gasteiger partial charge in [0, 0.05) is 5.57 Å². The van der Waals surface area contributed by atoms with E-state index in [9.17, 15) is 26.3 Å². The van der Waals surface area contributed by atoms with E-state index in [4.69, 9.17) is 0 Å². The molecular weight excluding hydrogens is 234 g/mol. The van der Waals surface area contributed by atoms with Crippen molar-refractivity contribution < 1.29 is 26.3 Å². The highest BCUT2D eigenvalue weighted by Gasteiger charge is 2.79. The lowest BCUT2D eigenvalue weighted by molar-refractivity contribution is -0.217. The molecule has 0 aromatic carbocycles. The van der Waals surface area contributed by atoms with Crippen molar-refractivity contribution in [1.29, 1.82) is 0 Å². The van der Waals surface area contributed by atoms with Gasteiger partial charge in [-0.3, -0.25) is 0 Å². The number of hydrogen-bond acceptors (Lipinski definition) is 0. The zero-order valence-corrected chi connectivity index (χ0v) is 7.73. The first-order valence-electron chi connectivity index (χ1n) is 4.75. The summed E-state index contributed by atoms with van der Waals surface area (Å²) in [6.07, 6.45) is -7.02. The summed E-state index contributed by atoms with van der Waals surface area (Å²) in [6.45, 7) is 0. The fraction of sp³-hybridized carbons (Fsp3) is 0.600. The SMILES string of the molecule is FC(F)(F)C1=CC2C3C=CC1(C(F)(F)F)C32. The summed E-state index contributed by atoms with van der Waals surface area (Å²) in [5.41, 5.74) is -4.19. The predicted molar refractivity (Wildman–Crippen MR) is 42.2 cm³/mol. The third-order valence-electron chi connectivity index (χ3n) is 3.82. The Morgan fingerprint density at radius 3 is 2.12 bits per heavy atom. The van der Waals surface area contributed by atoms with E-state index in [1.54, 1.807) is 0 Å². The second kappa shape index (κ2) is 2.33. The second-order valence-electron chi connectivity index (χ2n) is 4.48. The molecule has 0 N–H and O–H groups in total. The van der Waals surface area contributed by atoms with Gasteiger partial charge in [-0.15, -0.1) is 0 Å². The molecule has 4 unspecified atom stereocenters. The van der Waals surface area contributed by atoms with Gasteiger partial charge in [0.1, 0.15) is 5.41 Å². The minimum absolute atomic E-state index is 0.340. The van der Waals surface area contributed by atoms with Gasteiger partial charge in [0.15, 0.2) is 0 Å². The van der Waals surface area contributed by atoms with E-state index in [1.165, 1.54) is 6.08 Å². The van der Waals surface area contributed by atoms with Crippen molar-refractivity contribution in [3.63, 3.8) is 0 Å². The molecule has 0 radical (unpaired) electrons. The highest BCUT2D eigenvalue weighted by Crippen LogP contribution is 2.76. The van der Waals surface area contributed by atoms with Crippen molar-refractivity contribution in [1.82, 2.24) is 0 Å². The molecule has 3 aliphatic carbocycles. The Morgan fingerprint density at radius 2 is 1.62 bits per heavy atom. The Kier molecular flexibility index (Phi) is 1.49. The van der Waals surface area contributed by atoms with Crippen LogP contribution in [-0.2, 0) is 0 Å². The smallest absolute Gasteiger partial charge is 0.170 e. The molecule has 0 heterocycles.